The third kappa shape index (κ3) is 6.58. The third-order valence-electron chi connectivity index (χ3n) is 8.13. The third-order valence-corrected chi connectivity index (χ3v) is 8.13. The lowest BCUT2D eigenvalue weighted by atomic mass is 9.65. The molecule has 184 valence electrons. The normalized spacial score (nSPS) is 32.7. The highest BCUT2D eigenvalue weighted by molar-refractivity contribution is 6.00. The van der Waals surface area contributed by atoms with Gasteiger partial charge >= 0.3 is 0 Å². The molecule has 1 saturated carbocycles. The Hall–Kier alpha value is -0.890. The summed E-state index contributed by atoms with van der Waals surface area (Å²) in [4.78, 5) is 13.4. The van der Waals surface area contributed by atoms with Crippen LogP contribution in [0.5, 0.6) is 0 Å². The summed E-state index contributed by atoms with van der Waals surface area (Å²) < 4.78 is 0. The molecule has 0 aromatic heterocycles. The fourth-order valence-corrected chi connectivity index (χ4v) is 5.81. The molecule has 0 amide bonds. The SMILES string of the molecule is CC(C)(C)C1=C/C(=C\C2CC(C(C)(C)C)CC(O)C(C(C)(C)C)C2)CC(C(C)(C)C)C1=O. The molecular formula is C30H52O2. The van der Waals surface area contributed by atoms with Gasteiger partial charge in [0.15, 0.2) is 5.78 Å². The molecule has 2 rings (SSSR count). The van der Waals surface area contributed by atoms with Gasteiger partial charge in [-0.25, -0.2) is 0 Å². The topological polar surface area (TPSA) is 37.3 Å². The van der Waals surface area contributed by atoms with E-state index in [9.17, 15) is 9.90 Å². The molecule has 0 aliphatic heterocycles. The zero-order chi connectivity index (χ0) is 24.9. The van der Waals surface area contributed by atoms with E-state index in [1.54, 1.807) is 0 Å². The van der Waals surface area contributed by atoms with Crippen LogP contribution in [0.2, 0.25) is 0 Å². The van der Waals surface area contributed by atoms with E-state index in [1.165, 1.54) is 5.57 Å². The van der Waals surface area contributed by atoms with Gasteiger partial charge < -0.3 is 5.11 Å². The van der Waals surface area contributed by atoms with Crippen molar-refractivity contribution in [2.45, 2.75) is 115 Å². The zero-order valence-corrected chi connectivity index (χ0v) is 23.2. The number of allylic oxidation sites excluding steroid dienone is 4. The van der Waals surface area contributed by atoms with Crippen LogP contribution in [0.1, 0.15) is 109 Å². The summed E-state index contributed by atoms with van der Waals surface area (Å²) in [6.45, 7) is 26.9. The number of hydrogen-bond acceptors (Lipinski definition) is 2. The number of carbonyl (C=O) groups excluding carboxylic acids is 1. The molecule has 0 saturated heterocycles. The van der Waals surface area contributed by atoms with Crippen LogP contribution in [0.4, 0.5) is 0 Å². The number of carbonyl (C=O) groups is 1. The van der Waals surface area contributed by atoms with Crippen molar-refractivity contribution in [3.63, 3.8) is 0 Å². The molecule has 0 aromatic carbocycles. The van der Waals surface area contributed by atoms with Crippen LogP contribution in [-0.4, -0.2) is 17.0 Å². The predicted octanol–water partition coefficient (Wildman–Crippen LogP) is 8.01. The first-order valence-corrected chi connectivity index (χ1v) is 12.9. The second kappa shape index (κ2) is 9.05. The lowest BCUT2D eigenvalue weighted by Crippen LogP contribution is -2.36. The van der Waals surface area contributed by atoms with Gasteiger partial charge in [0.2, 0.25) is 0 Å². The fraction of sp³-hybridized carbons (Fsp3) is 0.833. The number of aliphatic hydroxyl groups is 1. The summed E-state index contributed by atoms with van der Waals surface area (Å²) in [6.07, 6.45) is 8.31. The first kappa shape index (κ1) is 27.4. The molecule has 0 bridgehead atoms. The van der Waals surface area contributed by atoms with Crippen molar-refractivity contribution in [1.82, 2.24) is 0 Å². The number of Topliss-reactive ketones (excluding diaryl/α,β-unsaturated/α-hetero) is 1. The summed E-state index contributed by atoms with van der Waals surface area (Å²) >= 11 is 0. The molecule has 0 aromatic rings. The van der Waals surface area contributed by atoms with Crippen molar-refractivity contribution in [2.24, 2.45) is 45.3 Å². The van der Waals surface area contributed by atoms with Crippen LogP contribution in [0.25, 0.3) is 0 Å². The summed E-state index contributed by atoms with van der Waals surface area (Å²) in [6, 6.07) is 0. The van der Waals surface area contributed by atoms with Crippen molar-refractivity contribution in [3.05, 3.63) is 23.3 Å². The van der Waals surface area contributed by atoms with E-state index in [-0.39, 0.29) is 39.6 Å². The highest BCUT2D eigenvalue weighted by atomic mass is 16.3. The number of aliphatic hydroxyl groups excluding tert-OH is 1. The molecule has 0 spiro atoms. The van der Waals surface area contributed by atoms with E-state index in [0.29, 0.717) is 17.6 Å². The van der Waals surface area contributed by atoms with E-state index in [0.717, 1.165) is 31.3 Å². The van der Waals surface area contributed by atoms with Gasteiger partial charge in [0.05, 0.1) is 6.10 Å². The van der Waals surface area contributed by atoms with E-state index in [1.807, 2.05) is 0 Å². The molecule has 2 aliphatic rings. The maximum absolute atomic E-state index is 13.4. The molecule has 1 N–H and O–H groups in total. The highest BCUT2D eigenvalue weighted by Crippen LogP contribution is 2.48. The standard InChI is InChI=1S/C30H52O2/c1-27(2,3)21-14-19(15-22(25(31)18-21)28(4,5)6)13-20-16-23(29(7,8)9)26(32)24(17-20)30(10,11)12/h13,16,19,21-22,24-25,31H,14-15,17-18H2,1-12H3/b20-13+. The van der Waals surface area contributed by atoms with E-state index in [2.05, 4.69) is 95.2 Å². The van der Waals surface area contributed by atoms with Crippen molar-refractivity contribution in [2.75, 3.05) is 0 Å². The molecule has 0 heterocycles. The minimum Gasteiger partial charge on any atom is -0.393 e. The average molecular weight is 445 g/mol. The second-order valence-corrected chi connectivity index (χ2v) is 15.1. The Bertz CT molecular complexity index is 740. The van der Waals surface area contributed by atoms with Gasteiger partial charge in [-0.2, -0.15) is 0 Å². The lowest BCUT2D eigenvalue weighted by molar-refractivity contribution is -0.123. The van der Waals surface area contributed by atoms with Gasteiger partial charge in [0.25, 0.3) is 0 Å². The minimum atomic E-state index is -0.251. The van der Waals surface area contributed by atoms with Crippen molar-refractivity contribution >= 4 is 5.78 Å². The van der Waals surface area contributed by atoms with E-state index >= 15 is 0 Å². The monoisotopic (exact) mass is 444 g/mol. The smallest absolute Gasteiger partial charge is 0.163 e. The van der Waals surface area contributed by atoms with Crippen molar-refractivity contribution in [3.8, 4) is 0 Å². The van der Waals surface area contributed by atoms with Gasteiger partial charge in [-0.3, -0.25) is 4.79 Å². The lowest BCUT2D eigenvalue weighted by Gasteiger charge is -2.38. The largest absolute Gasteiger partial charge is 0.393 e. The summed E-state index contributed by atoms with van der Waals surface area (Å²) in [5.41, 5.74) is 2.35. The van der Waals surface area contributed by atoms with Gasteiger partial charge in [0, 0.05) is 11.5 Å². The minimum absolute atomic E-state index is 0.0289. The maximum Gasteiger partial charge on any atom is 0.163 e. The first-order valence-electron chi connectivity index (χ1n) is 12.9. The Balaban J connectivity index is 2.52. The summed E-state index contributed by atoms with van der Waals surface area (Å²) in [5, 5.41) is 11.2. The number of ketones is 1. The van der Waals surface area contributed by atoms with Crippen molar-refractivity contribution < 1.29 is 9.90 Å². The molecule has 2 nitrogen and oxygen atoms in total. The van der Waals surface area contributed by atoms with Crippen LogP contribution in [0.3, 0.4) is 0 Å². The van der Waals surface area contributed by atoms with Crippen LogP contribution < -0.4 is 0 Å². The predicted molar refractivity (Wildman–Crippen MR) is 137 cm³/mol. The Morgan fingerprint density at radius 3 is 1.81 bits per heavy atom. The highest BCUT2D eigenvalue weighted by Gasteiger charge is 2.42. The molecule has 5 unspecified atom stereocenters. The fourth-order valence-electron chi connectivity index (χ4n) is 5.81. The van der Waals surface area contributed by atoms with E-state index < -0.39 is 0 Å². The van der Waals surface area contributed by atoms with Crippen LogP contribution in [0, 0.1) is 45.3 Å². The summed E-state index contributed by atoms with van der Waals surface area (Å²) in [7, 11) is 0. The zero-order valence-electron chi connectivity index (χ0n) is 23.2. The van der Waals surface area contributed by atoms with Gasteiger partial charge in [-0.05, 0) is 65.1 Å². The molecule has 2 aliphatic carbocycles. The molecule has 0 radical (unpaired) electrons. The van der Waals surface area contributed by atoms with Crippen LogP contribution in [-0.2, 0) is 4.79 Å². The van der Waals surface area contributed by atoms with E-state index in [4.69, 9.17) is 0 Å². The summed E-state index contributed by atoms with van der Waals surface area (Å²) in [5.74, 6) is 1.56. The molecule has 5 atom stereocenters. The quantitative estimate of drug-likeness (QED) is 0.416. The number of hydrogen-bond donors (Lipinski definition) is 1. The van der Waals surface area contributed by atoms with Gasteiger partial charge in [-0.15, -0.1) is 0 Å². The van der Waals surface area contributed by atoms with Crippen LogP contribution >= 0.6 is 0 Å². The maximum atomic E-state index is 13.4. The van der Waals surface area contributed by atoms with Gasteiger partial charge in [0.1, 0.15) is 0 Å². The number of rotatable bonds is 1. The first-order chi connectivity index (χ1) is 14.2. The Morgan fingerprint density at radius 2 is 1.38 bits per heavy atom. The molecule has 32 heavy (non-hydrogen) atoms. The van der Waals surface area contributed by atoms with Crippen LogP contribution in [0.15, 0.2) is 23.3 Å². The molecule has 1 fully saturated rings. The van der Waals surface area contributed by atoms with Crippen molar-refractivity contribution in [1.29, 1.82) is 0 Å². The second-order valence-electron chi connectivity index (χ2n) is 15.1. The Labute approximate surface area is 199 Å². The molecule has 2 heteroatoms. The molecular weight excluding hydrogens is 392 g/mol. The Kier molecular flexibility index (Phi) is 7.73. The van der Waals surface area contributed by atoms with Gasteiger partial charge in [-0.1, -0.05) is 101 Å². The average Bonchev–Trinajstić information content (AvgIpc) is 2.73. The Morgan fingerprint density at radius 1 is 0.812 bits per heavy atom.